The molecule has 5 heteroatoms. The Hall–Kier alpha value is -1.88. The lowest BCUT2D eigenvalue weighted by atomic mass is 10.0. The third kappa shape index (κ3) is 2.09. The van der Waals surface area contributed by atoms with Gasteiger partial charge in [0.05, 0.1) is 19.3 Å². The molecule has 0 bridgehead atoms. The van der Waals surface area contributed by atoms with Crippen LogP contribution in [0.15, 0.2) is 24.7 Å². The maximum Gasteiger partial charge on any atom is 0.161 e. The van der Waals surface area contributed by atoms with E-state index in [1.54, 1.807) is 19.5 Å². The molecule has 5 nitrogen and oxygen atoms in total. The van der Waals surface area contributed by atoms with Crippen LogP contribution < -0.4 is 10.5 Å². The van der Waals surface area contributed by atoms with Crippen LogP contribution in [0.25, 0.3) is 0 Å². The molecular weight excluding hydrogens is 228 g/mol. The van der Waals surface area contributed by atoms with Crippen molar-refractivity contribution in [3.05, 3.63) is 41.5 Å². The zero-order chi connectivity index (χ0) is 13.1. The summed E-state index contributed by atoms with van der Waals surface area (Å²) >= 11 is 0. The van der Waals surface area contributed by atoms with Crippen LogP contribution in [0.5, 0.6) is 5.75 Å². The topological polar surface area (TPSA) is 66.0 Å². The Morgan fingerprint density at radius 2 is 2.22 bits per heavy atom. The highest BCUT2D eigenvalue weighted by Crippen LogP contribution is 2.29. The minimum Gasteiger partial charge on any atom is -0.493 e. The zero-order valence-electron chi connectivity index (χ0n) is 10.9. The molecule has 0 aromatic carbocycles. The van der Waals surface area contributed by atoms with E-state index in [4.69, 9.17) is 10.5 Å². The molecule has 0 saturated heterocycles. The number of rotatable bonds is 4. The Morgan fingerprint density at radius 1 is 1.44 bits per heavy atom. The van der Waals surface area contributed by atoms with Gasteiger partial charge in [-0.1, -0.05) is 0 Å². The van der Waals surface area contributed by atoms with E-state index >= 15 is 0 Å². The van der Waals surface area contributed by atoms with Crippen LogP contribution in [-0.4, -0.2) is 21.9 Å². The molecule has 2 N–H and O–H groups in total. The number of aromatic nitrogens is 3. The SMILES string of the molecule is CCn1ncc(OC)c1C(N)c1ccncc1C. The molecule has 96 valence electrons. The van der Waals surface area contributed by atoms with Crippen LogP contribution in [0, 0.1) is 6.92 Å². The van der Waals surface area contributed by atoms with Gasteiger partial charge in [0.2, 0.25) is 0 Å². The number of pyridine rings is 1. The molecule has 0 amide bonds. The van der Waals surface area contributed by atoms with Crippen LogP contribution >= 0.6 is 0 Å². The largest absolute Gasteiger partial charge is 0.493 e. The van der Waals surface area contributed by atoms with E-state index in [2.05, 4.69) is 10.1 Å². The van der Waals surface area contributed by atoms with Gasteiger partial charge in [0.15, 0.2) is 5.75 Å². The number of nitrogens with zero attached hydrogens (tertiary/aromatic N) is 3. The van der Waals surface area contributed by atoms with Gasteiger partial charge < -0.3 is 10.5 Å². The van der Waals surface area contributed by atoms with Gasteiger partial charge >= 0.3 is 0 Å². The van der Waals surface area contributed by atoms with Crippen LogP contribution in [0.2, 0.25) is 0 Å². The minimum atomic E-state index is -0.259. The van der Waals surface area contributed by atoms with E-state index in [9.17, 15) is 0 Å². The molecular formula is C13H18N4O. The molecule has 0 aliphatic rings. The first kappa shape index (κ1) is 12.6. The van der Waals surface area contributed by atoms with Gasteiger partial charge in [-0.2, -0.15) is 5.10 Å². The van der Waals surface area contributed by atoms with Gasteiger partial charge in [-0.15, -0.1) is 0 Å². The van der Waals surface area contributed by atoms with Crippen molar-refractivity contribution in [3.63, 3.8) is 0 Å². The van der Waals surface area contributed by atoms with E-state index in [-0.39, 0.29) is 6.04 Å². The summed E-state index contributed by atoms with van der Waals surface area (Å²) in [5.41, 5.74) is 9.35. The van der Waals surface area contributed by atoms with Gasteiger partial charge in [0.1, 0.15) is 5.69 Å². The lowest BCUT2D eigenvalue weighted by Crippen LogP contribution is -2.19. The molecule has 2 aromatic heterocycles. The molecule has 2 rings (SSSR count). The molecule has 1 atom stereocenters. The molecule has 0 radical (unpaired) electrons. The predicted octanol–water partition coefficient (Wildman–Crippen LogP) is 1.66. The average Bonchev–Trinajstić information content (AvgIpc) is 2.81. The van der Waals surface area contributed by atoms with Crippen molar-refractivity contribution in [3.8, 4) is 5.75 Å². The fraction of sp³-hybridized carbons (Fsp3) is 0.385. The first-order valence-electron chi connectivity index (χ1n) is 5.94. The van der Waals surface area contributed by atoms with E-state index < -0.39 is 0 Å². The fourth-order valence-corrected chi connectivity index (χ4v) is 2.08. The second kappa shape index (κ2) is 5.18. The summed E-state index contributed by atoms with van der Waals surface area (Å²) < 4.78 is 7.20. The summed E-state index contributed by atoms with van der Waals surface area (Å²) in [4.78, 5) is 4.08. The van der Waals surface area contributed by atoms with Crippen molar-refractivity contribution in [2.45, 2.75) is 26.4 Å². The lowest BCUT2D eigenvalue weighted by Gasteiger charge is -2.17. The average molecular weight is 246 g/mol. The van der Waals surface area contributed by atoms with Gasteiger partial charge in [-0.3, -0.25) is 9.67 Å². The summed E-state index contributed by atoms with van der Waals surface area (Å²) in [5, 5.41) is 4.28. The number of ether oxygens (including phenoxy) is 1. The highest BCUT2D eigenvalue weighted by atomic mass is 16.5. The van der Waals surface area contributed by atoms with E-state index in [0.29, 0.717) is 0 Å². The van der Waals surface area contributed by atoms with E-state index in [0.717, 1.165) is 29.1 Å². The van der Waals surface area contributed by atoms with Gasteiger partial charge in [0, 0.05) is 18.9 Å². The van der Waals surface area contributed by atoms with Crippen LogP contribution in [0.4, 0.5) is 0 Å². The van der Waals surface area contributed by atoms with Gasteiger partial charge in [-0.05, 0) is 31.0 Å². The molecule has 2 aromatic rings. The Kier molecular flexibility index (Phi) is 3.62. The molecule has 18 heavy (non-hydrogen) atoms. The van der Waals surface area contributed by atoms with Gasteiger partial charge in [-0.25, -0.2) is 0 Å². The molecule has 1 unspecified atom stereocenters. The first-order chi connectivity index (χ1) is 8.69. The van der Waals surface area contributed by atoms with Crippen molar-refractivity contribution in [1.29, 1.82) is 0 Å². The molecule has 0 saturated carbocycles. The maximum atomic E-state index is 6.35. The highest BCUT2D eigenvalue weighted by molar-refractivity contribution is 5.38. The third-order valence-electron chi connectivity index (χ3n) is 3.06. The second-order valence-electron chi connectivity index (χ2n) is 4.12. The third-order valence-corrected chi connectivity index (χ3v) is 3.06. The number of hydrogen-bond donors (Lipinski definition) is 1. The van der Waals surface area contributed by atoms with E-state index in [1.165, 1.54) is 0 Å². The Labute approximate surface area is 107 Å². The fourth-order valence-electron chi connectivity index (χ4n) is 2.08. The summed E-state index contributed by atoms with van der Waals surface area (Å²) in [5.74, 6) is 0.723. The number of hydrogen-bond acceptors (Lipinski definition) is 4. The molecule has 0 spiro atoms. The zero-order valence-corrected chi connectivity index (χ0v) is 10.9. The normalized spacial score (nSPS) is 12.4. The summed E-state index contributed by atoms with van der Waals surface area (Å²) in [6.07, 6.45) is 5.27. The summed E-state index contributed by atoms with van der Waals surface area (Å²) in [7, 11) is 1.63. The second-order valence-corrected chi connectivity index (χ2v) is 4.12. The first-order valence-corrected chi connectivity index (χ1v) is 5.94. The predicted molar refractivity (Wildman–Crippen MR) is 69.5 cm³/mol. The van der Waals surface area contributed by atoms with Crippen LogP contribution in [-0.2, 0) is 6.54 Å². The molecule has 0 aliphatic carbocycles. The monoisotopic (exact) mass is 246 g/mol. The number of nitrogens with two attached hydrogens (primary N) is 1. The highest BCUT2D eigenvalue weighted by Gasteiger charge is 2.20. The smallest absolute Gasteiger partial charge is 0.161 e. The quantitative estimate of drug-likeness (QED) is 0.891. The van der Waals surface area contributed by atoms with Crippen molar-refractivity contribution >= 4 is 0 Å². The molecule has 2 heterocycles. The van der Waals surface area contributed by atoms with Crippen LogP contribution in [0.1, 0.15) is 29.8 Å². The maximum absolute atomic E-state index is 6.35. The molecule has 0 aliphatic heterocycles. The van der Waals surface area contributed by atoms with Gasteiger partial charge in [0.25, 0.3) is 0 Å². The summed E-state index contributed by atoms with van der Waals surface area (Å²) in [6, 6.07) is 1.68. The van der Waals surface area contributed by atoms with Crippen molar-refractivity contribution < 1.29 is 4.74 Å². The van der Waals surface area contributed by atoms with Crippen molar-refractivity contribution in [2.75, 3.05) is 7.11 Å². The number of aryl methyl sites for hydroxylation is 2. The summed E-state index contributed by atoms with van der Waals surface area (Å²) in [6.45, 7) is 4.79. The Balaban J connectivity index is 2.48. The van der Waals surface area contributed by atoms with Crippen LogP contribution in [0.3, 0.4) is 0 Å². The standard InChI is InChI=1S/C13H18N4O/c1-4-17-13(11(18-3)8-16-17)12(14)10-5-6-15-7-9(10)2/h5-8,12H,4,14H2,1-3H3. The Morgan fingerprint density at radius 3 is 2.83 bits per heavy atom. The molecule has 0 fully saturated rings. The van der Waals surface area contributed by atoms with Crippen molar-refractivity contribution in [2.24, 2.45) is 5.73 Å². The van der Waals surface area contributed by atoms with Crippen molar-refractivity contribution in [1.82, 2.24) is 14.8 Å². The lowest BCUT2D eigenvalue weighted by molar-refractivity contribution is 0.404. The number of methoxy groups -OCH3 is 1. The van der Waals surface area contributed by atoms with E-state index in [1.807, 2.05) is 30.8 Å². The Bertz CT molecular complexity index is 514. The minimum absolute atomic E-state index is 0.259.